The normalized spacial score (nSPS) is 11.9. The van der Waals surface area contributed by atoms with Gasteiger partial charge in [-0.2, -0.15) is 0 Å². The molecule has 0 saturated heterocycles. The molecule has 0 fully saturated rings. The molecule has 110 valence electrons. The van der Waals surface area contributed by atoms with Gasteiger partial charge in [-0.05, 0) is 35.7 Å². The molecular weight excluding hydrogens is 332 g/mol. The minimum atomic E-state index is -0.850. The van der Waals surface area contributed by atoms with Crippen LogP contribution in [0.5, 0.6) is 5.75 Å². The number of rotatable bonds is 6. The molecule has 0 amide bonds. The van der Waals surface area contributed by atoms with Crippen LogP contribution in [0.4, 0.5) is 0 Å². The standard InChI is InChI=1S/C17H17BrO3/c1-12(17(19)20)11-21-16-4-2-3-15(9-16)14-7-5-13(10-18)6-8-14/h2-9,12H,10-11H2,1H3,(H,19,20). The van der Waals surface area contributed by atoms with Crippen LogP contribution in [-0.2, 0) is 10.1 Å². The van der Waals surface area contributed by atoms with E-state index in [1.54, 1.807) is 6.92 Å². The molecule has 0 aliphatic heterocycles. The second-order valence-corrected chi connectivity index (χ2v) is 5.47. The Labute approximate surface area is 132 Å². The fourth-order valence-corrected chi connectivity index (χ4v) is 2.22. The highest BCUT2D eigenvalue weighted by atomic mass is 79.9. The summed E-state index contributed by atoms with van der Waals surface area (Å²) in [6, 6.07) is 16.0. The molecule has 2 aromatic carbocycles. The molecule has 0 spiro atoms. The third kappa shape index (κ3) is 4.33. The van der Waals surface area contributed by atoms with Crippen LogP contribution in [0.25, 0.3) is 11.1 Å². The van der Waals surface area contributed by atoms with E-state index in [4.69, 9.17) is 9.84 Å². The number of benzene rings is 2. The van der Waals surface area contributed by atoms with E-state index in [0.717, 1.165) is 16.5 Å². The average molecular weight is 349 g/mol. The van der Waals surface area contributed by atoms with Crippen molar-refractivity contribution in [3.8, 4) is 16.9 Å². The summed E-state index contributed by atoms with van der Waals surface area (Å²) in [5, 5.41) is 9.69. The highest BCUT2D eigenvalue weighted by Crippen LogP contribution is 2.25. The van der Waals surface area contributed by atoms with Gasteiger partial charge < -0.3 is 9.84 Å². The molecule has 4 heteroatoms. The van der Waals surface area contributed by atoms with E-state index in [1.807, 2.05) is 24.3 Å². The Kier molecular flexibility index (Phi) is 5.39. The minimum absolute atomic E-state index is 0.168. The van der Waals surface area contributed by atoms with Crippen LogP contribution in [-0.4, -0.2) is 17.7 Å². The van der Waals surface area contributed by atoms with E-state index in [1.165, 1.54) is 5.56 Å². The molecule has 2 rings (SSSR count). The monoisotopic (exact) mass is 348 g/mol. The molecule has 0 aromatic heterocycles. The van der Waals surface area contributed by atoms with Crippen LogP contribution in [0.1, 0.15) is 12.5 Å². The number of alkyl halides is 1. The summed E-state index contributed by atoms with van der Waals surface area (Å²) < 4.78 is 5.55. The summed E-state index contributed by atoms with van der Waals surface area (Å²) in [6.45, 7) is 1.80. The van der Waals surface area contributed by atoms with Crippen molar-refractivity contribution in [3.05, 3.63) is 54.1 Å². The molecule has 0 bridgehead atoms. The number of hydrogen-bond acceptors (Lipinski definition) is 2. The van der Waals surface area contributed by atoms with Crippen molar-refractivity contribution in [1.82, 2.24) is 0 Å². The summed E-state index contributed by atoms with van der Waals surface area (Å²) in [5.74, 6) is -0.687. The Morgan fingerprint density at radius 2 is 1.90 bits per heavy atom. The highest BCUT2D eigenvalue weighted by molar-refractivity contribution is 9.08. The number of carboxylic acid groups (broad SMARTS) is 1. The maximum atomic E-state index is 10.8. The van der Waals surface area contributed by atoms with Crippen LogP contribution >= 0.6 is 15.9 Å². The quantitative estimate of drug-likeness (QED) is 0.789. The lowest BCUT2D eigenvalue weighted by atomic mass is 10.0. The smallest absolute Gasteiger partial charge is 0.309 e. The molecule has 3 nitrogen and oxygen atoms in total. The Hall–Kier alpha value is -1.81. The zero-order valence-electron chi connectivity index (χ0n) is 11.8. The Morgan fingerprint density at radius 1 is 1.19 bits per heavy atom. The van der Waals surface area contributed by atoms with Crippen molar-refractivity contribution in [3.63, 3.8) is 0 Å². The Morgan fingerprint density at radius 3 is 2.52 bits per heavy atom. The SMILES string of the molecule is CC(COc1cccc(-c2ccc(CBr)cc2)c1)C(=O)O. The van der Waals surface area contributed by atoms with Gasteiger partial charge in [0.25, 0.3) is 0 Å². The van der Waals surface area contributed by atoms with Crippen molar-refractivity contribution in [2.24, 2.45) is 5.92 Å². The number of aliphatic carboxylic acids is 1. The predicted octanol–water partition coefficient (Wildman–Crippen LogP) is 4.35. The van der Waals surface area contributed by atoms with Crippen LogP contribution in [0.15, 0.2) is 48.5 Å². The lowest BCUT2D eigenvalue weighted by Gasteiger charge is -2.10. The van der Waals surface area contributed by atoms with Crippen molar-refractivity contribution in [2.45, 2.75) is 12.3 Å². The van der Waals surface area contributed by atoms with Crippen molar-refractivity contribution in [1.29, 1.82) is 0 Å². The lowest BCUT2D eigenvalue weighted by Crippen LogP contribution is -2.17. The first kappa shape index (κ1) is 15.6. The van der Waals surface area contributed by atoms with Crippen molar-refractivity contribution >= 4 is 21.9 Å². The van der Waals surface area contributed by atoms with Gasteiger partial charge in [-0.15, -0.1) is 0 Å². The van der Waals surface area contributed by atoms with Gasteiger partial charge in [0, 0.05) is 5.33 Å². The van der Waals surface area contributed by atoms with Crippen LogP contribution in [0.2, 0.25) is 0 Å². The first-order valence-corrected chi connectivity index (χ1v) is 7.83. The summed E-state index contributed by atoms with van der Waals surface area (Å²) in [4.78, 5) is 10.8. The number of ether oxygens (including phenoxy) is 1. The first-order chi connectivity index (χ1) is 10.1. The molecule has 0 aliphatic carbocycles. The molecule has 0 saturated carbocycles. The van der Waals surface area contributed by atoms with E-state index in [-0.39, 0.29) is 6.61 Å². The van der Waals surface area contributed by atoms with Crippen molar-refractivity contribution < 1.29 is 14.6 Å². The highest BCUT2D eigenvalue weighted by Gasteiger charge is 2.11. The Bertz CT molecular complexity index is 608. The van der Waals surface area contributed by atoms with Gasteiger partial charge in [0.15, 0.2) is 0 Å². The number of hydrogen-bond donors (Lipinski definition) is 1. The molecule has 0 radical (unpaired) electrons. The molecule has 0 heterocycles. The molecular formula is C17H17BrO3. The van der Waals surface area contributed by atoms with Crippen LogP contribution in [0.3, 0.4) is 0 Å². The minimum Gasteiger partial charge on any atom is -0.493 e. The van der Waals surface area contributed by atoms with E-state index in [2.05, 4.69) is 40.2 Å². The van der Waals surface area contributed by atoms with E-state index in [9.17, 15) is 4.79 Å². The summed E-state index contributed by atoms with van der Waals surface area (Å²) in [7, 11) is 0. The van der Waals surface area contributed by atoms with Crippen LogP contribution in [0, 0.1) is 5.92 Å². The zero-order chi connectivity index (χ0) is 15.2. The van der Waals surface area contributed by atoms with Gasteiger partial charge in [-0.3, -0.25) is 4.79 Å². The van der Waals surface area contributed by atoms with Gasteiger partial charge in [0.1, 0.15) is 12.4 Å². The second-order valence-electron chi connectivity index (χ2n) is 4.91. The summed E-state index contributed by atoms with van der Waals surface area (Å²) in [6.07, 6.45) is 0. The third-order valence-corrected chi connectivity index (χ3v) is 3.84. The van der Waals surface area contributed by atoms with Gasteiger partial charge in [-0.1, -0.05) is 52.3 Å². The molecule has 1 unspecified atom stereocenters. The second kappa shape index (κ2) is 7.27. The van der Waals surface area contributed by atoms with Gasteiger partial charge in [0.2, 0.25) is 0 Å². The fourth-order valence-electron chi connectivity index (χ4n) is 1.84. The van der Waals surface area contributed by atoms with E-state index in [0.29, 0.717) is 5.75 Å². The third-order valence-electron chi connectivity index (χ3n) is 3.20. The topological polar surface area (TPSA) is 46.5 Å². The van der Waals surface area contributed by atoms with Gasteiger partial charge in [-0.25, -0.2) is 0 Å². The number of carbonyl (C=O) groups is 1. The molecule has 21 heavy (non-hydrogen) atoms. The fraction of sp³-hybridized carbons (Fsp3) is 0.235. The maximum Gasteiger partial charge on any atom is 0.309 e. The van der Waals surface area contributed by atoms with Crippen molar-refractivity contribution in [2.75, 3.05) is 6.61 Å². The molecule has 0 aliphatic rings. The zero-order valence-corrected chi connectivity index (χ0v) is 13.3. The summed E-state index contributed by atoms with van der Waals surface area (Å²) in [5.41, 5.74) is 3.38. The number of carboxylic acids is 1. The van der Waals surface area contributed by atoms with Gasteiger partial charge in [0.05, 0.1) is 5.92 Å². The molecule has 1 N–H and O–H groups in total. The average Bonchev–Trinajstić information content (AvgIpc) is 2.53. The molecule has 1 atom stereocenters. The maximum absolute atomic E-state index is 10.8. The lowest BCUT2D eigenvalue weighted by molar-refractivity contribution is -0.142. The van der Waals surface area contributed by atoms with Gasteiger partial charge >= 0.3 is 5.97 Å². The van der Waals surface area contributed by atoms with E-state index < -0.39 is 11.9 Å². The van der Waals surface area contributed by atoms with E-state index >= 15 is 0 Å². The summed E-state index contributed by atoms with van der Waals surface area (Å²) >= 11 is 3.43. The predicted molar refractivity (Wildman–Crippen MR) is 86.8 cm³/mol. The Balaban J connectivity index is 2.11. The van der Waals surface area contributed by atoms with Crippen LogP contribution < -0.4 is 4.74 Å². The largest absolute Gasteiger partial charge is 0.493 e. The number of halogens is 1. The first-order valence-electron chi connectivity index (χ1n) is 6.71. The molecule has 2 aromatic rings.